The summed E-state index contributed by atoms with van der Waals surface area (Å²) in [6.07, 6.45) is -27.3. The summed E-state index contributed by atoms with van der Waals surface area (Å²) in [5.41, 5.74) is 0. The van der Waals surface area contributed by atoms with Crippen LogP contribution in [-0.4, -0.2) is 37.7 Å². The first-order valence-corrected chi connectivity index (χ1v) is 3.88. The Morgan fingerprint density at radius 1 is 0.722 bits per heavy atom. The Labute approximate surface area is 93.1 Å². The first-order chi connectivity index (χ1) is 7.85. The second-order valence-corrected chi connectivity index (χ2v) is 2.71. The number of halogens is 9. The maximum atomic E-state index is 12.4. The maximum Gasteiger partial charge on any atom is 0.445 e. The molecule has 0 aromatic rings. The highest BCUT2D eigenvalue weighted by atomic mass is 19.4. The molecule has 0 spiro atoms. The average molecular weight is 295 g/mol. The van der Waals surface area contributed by atoms with Gasteiger partial charge in [-0.25, -0.2) is 13.2 Å². The van der Waals surface area contributed by atoms with Gasteiger partial charge in [0.25, 0.3) is 25.4 Å². The van der Waals surface area contributed by atoms with Crippen LogP contribution < -0.4 is 0 Å². The highest BCUT2D eigenvalue weighted by Gasteiger charge is 2.47. The Hall–Kier alpha value is -0.750. The van der Waals surface area contributed by atoms with Crippen molar-refractivity contribution < 1.29 is 54.1 Å². The normalized spacial score (nSPS) is 20.3. The molecule has 109 valence electrons. The fraction of sp³-hybridized carbons (Fsp3) is 1.00. The first kappa shape index (κ1) is 17.2. The summed E-state index contributed by atoms with van der Waals surface area (Å²) < 4.78 is 111. The highest BCUT2D eigenvalue weighted by Crippen LogP contribution is 2.28. The summed E-state index contributed by atoms with van der Waals surface area (Å²) in [6.45, 7) is 0. The van der Waals surface area contributed by atoms with E-state index in [-0.39, 0.29) is 0 Å². The molecule has 0 aliphatic heterocycles. The van der Waals surface area contributed by atoms with Crippen molar-refractivity contribution in [1.29, 1.82) is 0 Å². The largest absolute Gasteiger partial charge is 0.445 e. The molecule has 0 bridgehead atoms. The second kappa shape index (κ2) is 5.93. The standard InChI is InChI=1S/C6H4F9O3/c7-1(17-3(8)5(10,11)12)2(16)18-4(9)6(13,14)15/h1-4H. The molecule has 4 atom stereocenters. The van der Waals surface area contributed by atoms with Gasteiger partial charge in [0.1, 0.15) is 0 Å². The number of alkyl halides is 9. The number of rotatable bonds is 5. The molecule has 3 nitrogen and oxygen atoms in total. The van der Waals surface area contributed by atoms with E-state index in [0.717, 1.165) is 0 Å². The van der Waals surface area contributed by atoms with Gasteiger partial charge in [0.2, 0.25) is 0 Å². The van der Waals surface area contributed by atoms with Gasteiger partial charge in [-0.2, -0.15) is 31.4 Å². The van der Waals surface area contributed by atoms with E-state index in [2.05, 4.69) is 9.47 Å². The summed E-state index contributed by atoms with van der Waals surface area (Å²) in [5.74, 6) is 0. The summed E-state index contributed by atoms with van der Waals surface area (Å²) in [7, 11) is 0. The molecule has 0 saturated carbocycles. The predicted octanol–water partition coefficient (Wildman–Crippen LogP) is 2.79. The average Bonchev–Trinajstić information content (AvgIpc) is 2.14. The lowest BCUT2D eigenvalue weighted by Gasteiger charge is -2.21. The van der Waals surface area contributed by atoms with E-state index in [1.54, 1.807) is 0 Å². The van der Waals surface area contributed by atoms with Gasteiger partial charge in [-0.15, -0.1) is 0 Å². The fourth-order valence-corrected chi connectivity index (χ4v) is 0.512. The Morgan fingerprint density at radius 3 is 1.39 bits per heavy atom. The molecule has 0 aliphatic carbocycles. The van der Waals surface area contributed by atoms with Crippen LogP contribution in [0.1, 0.15) is 0 Å². The van der Waals surface area contributed by atoms with Gasteiger partial charge in [0.05, 0.1) is 0 Å². The summed E-state index contributed by atoms with van der Waals surface area (Å²) in [4.78, 5) is 0. The fourth-order valence-electron chi connectivity index (χ4n) is 0.512. The molecule has 12 heteroatoms. The molecule has 0 rings (SSSR count). The van der Waals surface area contributed by atoms with Gasteiger partial charge in [0, 0.05) is 0 Å². The van der Waals surface area contributed by atoms with Crippen molar-refractivity contribution in [1.82, 2.24) is 0 Å². The zero-order chi connectivity index (χ0) is 14.7. The molecule has 0 N–H and O–H groups in total. The molecule has 0 saturated heterocycles. The van der Waals surface area contributed by atoms with Crippen molar-refractivity contribution in [2.24, 2.45) is 0 Å². The minimum absolute atomic E-state index is 2.76. The van der Waals surface area contributed by atoms with Crippen LogP contribution in [-0.2, 0) is 14.6 Å². The highest BCUT2D eigenvalue weighted by molar-refractivity contribution is 4.60. The zero-order valence-electron chi connectivity index (χ0n) is 7.94. The van der Waals surface area contributed by atoms with Crippen molar-refractivity contribution >= 4 is 0 Å². The lowest BCUT2D eigenvalue weighted by molar-refractivity contribution is -0.368. The molecule has 0 fully saturated rings. The third-order valence-electron chi connectivity index (χ3n) is 1.23. The molecule has 0 aromatic carbocycles. The van der Waals surface area contributed by atoms with Crippen LogP contribution in [0.5, 0.6) is 0 Å². The molecule has 0 amide bonds. The molecule has 18 heavy (non-hydrogen) atoms. The van der Waals surface area contributed by atoms with Gasteiger partial charge in [0.15, 0.2) is 0 Å². The molecule has 0 aromatic heterocycles. The smallest absolute Gasteiger partial charge is 0.303 e. The molecule has 0 aliphatic rings. The first-order valence-electron chi connectivity index (χ1n) is 3.88. The van der Waals surface area contributed by atoms with Crippen LogP contribution in [0, 0.1) is 0 Å². The van der Waals surface area contributed by atoms with Gasteiger partial charge in [-0.3, -0.25) is 0 Å². The van der Waals surface area contributed by atoms with E-state index >= 15 is 0 Å². The maximum absolute atomic E-state index is 12.4. The third-order valence-corrected chi connectivity index (χ3v) is 1.23. The lowest BCUT2D eigenvalue weighted by atomic mass is 10.5. The van der Waals surface area contributed by atoms with E-state index < -0.39 is 37.7 Å². The Bertz CT molecular complexity index is 226. The molecular formula is C6H4F9O3. The predicted molar refractivity (Wildman–Crippen MR) is 33.4 cm³/mol. The van der Waals surface area contributed by atoms with Gasteiger partial charge >= 0.3 is 12.4 Å². The number of ether oxygens (including phenoxy) is 2. The Morgan fingerprint density at radius 2 is 1.06 bits per heavy atom. The lowest BCUT2D eigenvalue weighted by Crippen LogP contribution is -2.39. The van der Waals surface area contributed by atoms with Crippen LogP contribution in [0.3, 0.4) is 0 Å². The summed E-state index contributed by atoms with van der Waals surface area (Å²) in [6, 6.07) is 0. The van der Waals surface area contributed by atoms with Crippen molar-refractivity contribution in [3.05, 3.63) is 0 Å². The van der Waals surface area contributed by atoms with Crippen molar-refractivity contribution in [2.75, 3.05) is 0 Å². The SMILES string of the molecule is [O]C(OC(F)C(F)(F)F)C(F)OC(F)C(F)(F)F. The van der Waals surface area contributed by atoms with Crippen LogP contribution >= 0.6 is 0 Å². The topological polar surface area (TPSA) is 38.4 Å². The van der Waals surface area contributed by atoms with E-state index in [9.17, 15) is 44.6 Å². The van der Waals surface area contributed by atoms with Gasteiger partial charge < -0.3 is 9.47 Å². The van der Waals surface area contributed by atoms with E-state index in [0.29, 0.717) is 0 Å². The number of hydrogen-bond acceptors (Lipinski definition) is 2. The van der Waals surface area contributed by atoms with Crippen molar-refractivity contribution in [3.8, 4) is 0 Å². The quantitative estimate of drug-likeness (QED) is 0.578. The molecule has 1 radical (unpaired) electrons. The molecule has 0 heterocycles. The van der Waals surface area contributed by atoms with E-state index in [4.69, 9.17) is 0 Å². The van der Waals surface area contributed by atoms with Gasteiger partial charge in [-0.05, 0) is 0 Å². The van der Waals surface area contributed by atoms with E-state index in [1.165, 1.54) is 0 Å². The monoisotopic (exact) mass is 295 g/mol. The van der Waals surface area contributed by atoms with Gasteiger partial charge in [-0.1, -0.05) is 0 Å². The van der Waals surface area contributed by atoms with Crippen molar-refractivity contribution in [2.45, 2.75) is 37.7 Å². The molecule has 4 unspecified atom stereocenters. The minimum atomic E-state index is -5.69. The summed E-state index contributed by atoms with van der Waals surface area (Å²) >= 11 is 0. The Kier molecular flexibility index (Phi) is 5.68. The van der Waals surface area contributed by atoms with Crippen LogP contribution in [0.25, 0.3) is 0 Å². The summed E-state index contributed by atoms with van der Waals surface area (Å²) in [5, 5.41) is 10.3. The zero-order valence-corrected chi connectivity index (χ0v) is 7.94. The van der Waals surface area contributed by atoms with Crippen molar-refractivity contribution in [3.63, 3.8) is 0 Å². The minimum Gasteiger partial charge on any atom is -0.303 e. The van der Waals surface area contributed by atoms with Crippen LogP contribution in [0.2, 0.25) is 0 Å². The third kappa shape index (κ3) is 5.73. The second-order valence-electron chi connectivity index (χ2n) is 2.71. The van der Waals surface area contributed by atoms with E-state index in [1.807, 2.05) is 0 Å². The Balaban J connectivity index is 4.32. The van der Waals surface area contributed by atoms with Crippen LogP contribution in [0.15, 0.2) is 0 Å². The van der Waals surface area contributed by atoms with Crippen LogP contribution in [0.4, 0.5) is 39.5 Å². The molecular weight excluding hydrogens is 291 g/mol. The number of hydrogen-bond donors (Lipinski definition) is 0.